The van der Waals surface area contributed by atoms with Gasteiger partial charge < -0.3 is 14.9 Å². The van der Waals surface area contributed by atoms with Crippen molar-refractivity contribution in [2.45, 2.75) is 37.4 Å². The van der Waals surface area contributed by atoms with Crippen LogP contribution in [-0.2, 0) is 4.79 Å². The van der Waals surface area contributed by atoms with E-state index in [4.69, 9.17) is 0 Å². The van der Waals surface area contributed by atoms with E-state index in [1.165, 1.54) is 23.1 Å². The van der Waals surface area contributed by atoms with Crippen molar-refractivity contribution >= 4 is 23.8 Å². The predicted octanol–water partition coefficient (Wildman–Crippen LogP) is 0.734. The number of amides is 2. The summed E-state index contributed by atoms with van der Waals surface area (Å²) in [4.78, 5) is 29.6. The van der Waals surface area contributed by atoms with Crippen LogP contribution < -0.4 is 0 Å². The number of rotatable bonds is 1. The molecule has 3 atom stereocenters. The van der Waals surface area contributed by atoms with E-state index in [1.54, 1.807) is 0 Å². The second kappa shape index (κ2) is 5.44. The lowest BCUT2D eigenvalue weighted by molar-refractivity contribution is -0.140. The van der Waals surface area contributed by atoms with Crippen LogP contribution in [0.4, 0.5) is 4.79 Å². The number of likely N-dealkylation sites (tertiary alicyclic amines) is 1. The maximum Gasteiger partial charge on any atom is 0.327 e. The number of urea groups is 1. The third-order valence-electron chi connectivity index (χ3n) is 4.83. The van der Waals surface area contributed by atoms with Crippen LogP contribution in [0.2, 0.25) is 0 Å². The zero-order valence-electron chi connectivity index (χ0n) is 11.7. The maximum absolute atomic E-state index is 12.6. The van der Waals surface area contributed by atoms with E-state index < -0.39 is 12.0 Å². The van der Waals surface area contributed by atoms with Gasteiger partial charge in [-0.05, 0) is 26.3 Å². The van der Waals surface area contributed by atoms with Crippen LogP contribution in [0, 0.1) is 0 Å². The molecule has 6 nitrogen and oxygen atoms in total. The molecule has 3 unspecified atom stereocenters. The Kier molecular flexibility index (Phi) is 3.81. The molecule has 0 saturated carbocycles. The minimum absolute atomic E-state index is 0.0941. The van der Waals surface area contributed by atoms with Gasteiger partial charge in [0.25, 0.3) is 0 Å². The second-order valence-corrected chi connectivity index (χ2v) is 6.89. The number of fused-ring (bicyclic) bond motifs is 2. The van der Waals surface area contributed by atoms with Crippen molar-refractivity contribution in [3.63, 3.8) is 0 Å². The highest BCUT2D eigenvalue weighted by molar-refractivity contribution is 7.99. The molecule has 1 N–H and O–H groups in total. The summed E-state index contributed by atoms with van der Waals surface area (Å²) in [6.45, 7) is 1.48. The minimum atomic E-state index is -0.892. The summed E-state index contributed by atoms with van der Waals surface area (Å²) < 4.78 is 0. The molecule has 0 spiro atoms. The molecule has 20 heavy (non-hydrogen) atoms. The molecule has 0 aromatic heterocycles. The molecule has 3 rings (SSSR count). The first-order valence-electron chi connectivity index (χ1n) is 7.16. The Balaban J connectivity index is 1.69. The summed E-state index contributed by atoms with van der Waals surface area (Å²) >= 11 is 1.52. The fraction of sp³-hybridized carbons (Fsp3) is 0.846. The maximum atomic E-state index is 12.6. The Morgan fingerprint density at radius 2 is 1.95 bits per heavy atom. The minimum Gasteiger partial charge on any atom is -0.480 e. The van der Waals surface area contributed by atoms with E-state index in [9.17, 15) is 14.7 Å². The largest absolute Gasteiger partial charge is 0.480 e. The smallest absolute Gasteiger partial charge is 0.327 e. The zero-order valence-corrected chi connectivity index (χ0v) is 12.5. The number of hydrogen-bond acceptors (Lipinski definition) is 4. The lowest BCUT2D eigenvalue weighted by Crippen LogP contribution is -2.50. The molecule has 7 heteroatoms. The van der Waals surface area contributed by atoms with Gasteiger partial charge in [0.05, 0.1) is 5.88 Å². The van der Waals surface area contributed by atoms with Crippen molar-refractivity contribution in [1.29, 1.82) is 0 Å². The van der Waals surface area contributed by atoms with Gasteiger partial charge in [-0.3, -0.25) is 4.90 Å². The van der Waals surface area contributed by atoms with Crippen LogP contribution >= 0.6 is 11.8 Å². The van der Waals surface area contributed by atoms with E-state index in [2.05, 4.69) is 11.9 Å². The van der Waals surface area contributed by atoms with Gasteiger partial charge in [0.1, 0.15) is 6.04 Å². The number of carbonyl (C=O) groups excluding carboxylic acids is 1. The molecule has 3 aliphatic rings. The van der Waals surface area contributed by atoms with Gasteiger partial charge in [-0.25, -0.2) is 9.59 Å². The van der Waals surface area contributed by atoms with Crippen molar-refractivity contribution in [3.05, 3.63) is 0 Å². The van der Waals surface area contributed by atoms with E-state index in [-0.39, 0.29) is 6.03 Å². The molecule has 3 saturated heterocycles. The van der Waals surface area contributed by atoms with Crippen LogP contribution in [0.5, 0.6) is 0 Å². The van der Waals surface area contributed by atoms with E-state index in [1.807, 2.05) is 4.90 Å². The average Bonchev–Trinajstić information content (AvgIpc) is 2.95. The summed E-state index contributed by atoms with van der Waals surface area (Å²) in [6, 6.07) is 0.264. The normalized spacial score (nSPS) is 34.4. The number of carboxylic acid groups (broad SMARTS) is 1. The van der Waals surface area contributed by atoms with Crippen LogP contribution in [0.1, 0.15) is 19.3 Å². The monoisotopic (exact) mass is 299 g/mol. The molecule has 3 fully saturated rings. The molecule has 3 aliphatic heterocycles. The van der Waals surface area contributed by atoms with Gasteiger partial charge in [-0.1, -0.05) is 0 Å². The number of hydrogen-bond donors (Lipinski definition) is 1. The van der Waals surface area contributed by atoms with Crippen molar-refractivity contribution < 1.29 is 14.7 Å². The lowest BCUT2D eigenvalue weighted by Gasteiger charge is -2.31. The zero-order chi connectivity index (χ0) is 14.3. The Bertz CT molecular complexity index is 420. The van der Waals surface area contributed by atoms with Crippen molar-refractivity contribution in [2.75, 3.05) is 31.8 Å². The number of carboxylic acids is 1. The van der Waals surface area contributed by atoms with E-state index in [0.29, 0.717) is 23.7 Å². The van der Waals surface area contributed by atoms with Crippen LogP contribution in [-0.4, -0.2) is 81.7 Å². The molecule has 2 amide bonds. The lowest BCUT2D eigenvalue weighted by atomic mass is 10.1. The second-order valence-electron chi connectivity index (χ2n) is 5.89. The number of aliphatic carboxylic acids is 1. The Morgan fingerprint density at radius 1 is 1.20 bits per heavy atom. The third kappa shape index (κ3) is 2.37. The summed E-state index contributed by atoms with van der Waals surface area (Å²) in [7, 11) is 2.14. The third-order valence-corrected chi connectivity index (χ3v) is 5.84. The number of likely N-dealkylation sites (N-methyl/N-ethyl adjacent to an activating group) is 1. The van der Waals surface area contributed by atoms with Crippen LogP contribution in [0.15, 0.2) is 0 Å². The Labute approximate surface area is 123 Å². The number of carbonyl (C=O) groups is 2. The van der Waals surface area contributed by atoms with Crippen molar-refractivity contribution in [2.24, 2.45) is 0 Å². The van der Waals surface area contributed by atoms with E-state index >= 15 is 0 Å². The van der Waals surface area contributed by atoms with Gasteiger partial charge in [-0.15, -0.1) is 11.8 Å². The van der Waals surface area contributed by atoms with E-state index in [0.717, 1.165) is 25.9 Å². The highest BCUT2D eigenvalue weighted by Crippen LogP contribution is 2.30. The Morgan fingerprint density at radius 3 is 2.70 bits per heavy atom. The fourth-order valence-corrected chi connectivity index (χ4v) is 4.64. The molecule has 0 radical (unpaired) electrons. The first kappa shape index (κ1) is 14.0. The number of thioether (sulfide) groups is 1. The highest BCUT2D eigenvalue weighted by atomic mass is 32.2. The molecular weight excluding hydrogens is 278 g/mol. The predicted molar refractivity (Wildman–Crippen MR) is 76.7 cm³/mol. The first-order valence-corrected chi connectivity index (χ1v) is 8.31. The average molecular weight is 299 g/mol. The molecule has 0 aromatic carbocycles. The van der Waals surface area contributed by atoms with Gasteiger partial charge in [-0.2, -0.15) is 0 Å². The fourth-order valence-electron chi connectivity index (χ4n) is 3.50. The standard InChI is InChI=1S/C13H21N3O3S/c1-14-9-2-3-10(14)6-15(5-4-9)13(19)16-8-20-7-11(16)12(17)18/h9-11H,2-8H2,1H3,(H,17,18). The molecule has 0 aromatic rings. The highest BCUT2D eigenvalue weighted by Gasteiger charge is 2.40. The van der Waals surface area contributed by atoms with Crippen molar-refractivity contribution in [3.8, 4) is 0 Å². The molecule has 0 aliphatic carbocycles. The number of nitrogens with zero attached hydrogens (tertiary/aromatic N) is 3. The van der Waals surface area contributed by atoms with Gasteiger partial charge >= 0.3 is 12.0 Å². The molecular formula is C13H21N3O3S. The van der Waals surface area contributed by atoms with Gasteiger partial charge in [0, 0.05) is 30.9 Å². The molecule has 112 valence electrons. The SMILES string of the molecule is CN1C2CCC1CN(C(=O)N1CSCC1C(=O)O)CC2. The first-order chi connectivity index (χ1) is 9.58. The summed E-state index contributed by atoms with van der Waals surface area (Å²) in [6.07, 6.45) is 3.36. The quantitative estimate of drug-likeness (QED) is 0.773. The molecule has 3 heterocycles. The van der Waals surface area contributed by atoms with Gasteiger partial charge in [0.2, 0.25) is 0 Å². The topological polar surface area (TPSA) is 64.1 Å². The van der Waals surface area contributed by atoms with Crippen LogP contribution in [0.25, 0.3) is 0 Å². The molecule has 2 bridgehead atoms. The summed E-state index contributed by atoms with van der Waals surface area (Å²) in [5.74, 6) is 0.105. The van der Waals surface area contributed by atoms with Crippen LogP contribution in [0.3, 0.4) is 0 Å². The van der Waals surface area contributed by atoms with Crippen molar-refractivity contribution in [1.82, 2.24) is 14.7 Å². The summed E-state index contributed by atoms with van der Waals surface area (Å²) in [5, 5.41) is 9.20. The Hall–Kier alpha value is -0.950. The summed E-state index contributed by atoms with van der Waals surface area (Å²) in [5.41, 5.74) is 0. The van der Waals surface area contributed by atoms with Gasteiger partial charge in [0.15, 0.2) is 0 Å².